The average Bonchev–Trinajstić information content (AvgIpc) is 2.94. The lowest BCUT2D eigenvalue weighted by Crippen LogP contribution is -2.54. The molecule has 8 heteroatoms. The number of piperazine rings is 1. The van der Waals surface area contributed by atoms with Crippen molar-refractivity contribution in [3.05, 3.63) is 30.0 Å². The highest BCUT2D eigenvalue weighted by Gasteiger charge is 2.33. The number of hydrogen-bond acceptors (Lipinski definition) is 5. The number of aliphatic hydroxyl groups excluding tert-OH is 1. The summed E-state index contributed by atoms with van der Waals surface area (Å²) in [6, 6.07) is 8.01. The van der Waals surface area contributed by atoms with Gasteiger partial charge < -0.3 is 24.2 Å². The quantitative estimate of drug-likeness (QED) is 0.774. The minimum Gasteiger partial charge on any atom is -0.484 e. The van der Waals surface area contributed by atoms with Crippen molar-refractivity contribution >= 4 is 22.7 Å². The van der Waals surface area contributed by atoms with Crippen molar-refractivity contribution in [1.82, 2.24) is 19.3 Å². The van der Waals surface area contributed by atoms with Gasteiger partial charge in [0.2, 0.25) is 5.91 Å². The molecule has 174 valence electrons. The van der Waals surface area contributed by atoms with Crippen LogP contribution in [0.15, 0.2) is 24.3 Å². The largest absolute Gasteiger partial charge is 0.484 e. The molecule has 2 amide bonds. The van der Waals surface area contributed by atoms with E-state index in [0.717, 1.165) is 30.4 Å². The summed E-state index contributed by atoms with van der Waals surface area (Å²) in [4.78, 5) is 30.3. The third-order valence-corrected chi connectivity index (χ3v) is 7.03. The average molecular weight is 443 g/mol. The van der Waals surface area contributed by atoms with Crippen LogP contribution >= 0.6 is 0 Å². The van der Waals surface area contributed by atoms with Crippen LogP contribution in [0.1, 0.15) is 25.5 Å². The summed E-state index contributed by atoms with van der Waals surface area (Å²) in [6.07, 6.45) is 0.808. The van der Waals surface area contributed by atoms with Crippen molar-refractivity contribution in [1.29, 1.82) is 0 Å². The number of aryl methyl sites for hydroxylation is 2. The van der Waals surface area contributed by atoms with Gasteiger partial charge in [-0.05, 0) is 44.0 Å². The standard InChI is InChI=1S/C24H34N4O4/c1-17-14-19-15-20(4-5-21(19)25(17)3)32-16-24(31)28-8-6-22(23(30)7-9-28)27-12-10-26(11-13-27)18(2)29/h4-5,14-15,22-23,30H,6-13,16H2,1-3H3/t22-,23-/m0/s1. The maximum atomic E-state index is 12.8. The number of aliphatic hydroxyl groups is 1. The Bertz CT molecular complexity index is 980. The Labute approximate surface area is 189 Å². The fourth-order valence-corrected chi connectivity index (χ4v) is 4.91. The number of ether oxygens (including phenoxy) is 1. The molecular weight excluding hydrogens is 408 g/mol. The number of carbonyl (C=O) groups excluding carboxylic acids is 2. The van der Waals surface area contributed by atoms with E-state index < -0.39 is 6.10 Å². The molecule has 1 aromatic carbocycles. The highest BCUT2D eigenvalue weighted by Crippen LogP contribution is 2.24. The minimum atomic E-state index is -0.471. The van der Waals surface area contributed by atoms with Gasteiger partial charge in [-0.1, -0.05) is 0 Å². The summed E-state index contributed by atoms with van der Waals surface area (Å²) in [5, 5.41) is 11.8. The Morgan fingerprint density at radius 3 is 2.47 bits per heavy atom. The minimum absolute atomic E-state index is 0.00459. The molecule has 2 aromatic rings. The molecule has 4 rings (SSSR count). The molecule has 0 unspecified atom stereocenters. The van der Waals surface area contributed by atoms with Crippen LogP contribution in [-0.2, 0) is 16.6 Å². The second-order valence-electron chi connectivity index (χ2n) is 8.99. The lowest BCUT2D eigenvalue weighted by molar-refractivity contribution is -0.133. The number of nitrogens with zero attached hydrogens (tertiary/aromatic N) is 4. The number of rotatable bonds is 4. The second kappa shape index (κ2) is 9.50. The highest BCUT2D eigenvalue weighted by molar-refractivity contribution is 5.83. The van der Waals surface area contributed by atoms with Crippen molar-refractivity contribution in [3.8, 4) is 5.75 Å². The van der Waals surface area contributed by atoms with Gasteiger partial charge in [0.25, 0.3) is 5.91 Å². The predicted octanol–water partition coefficient (Wildman–Crippen LogP) is 1.38. The first-order valence-electron chi connectivity index (χ1n) is 11.5. The van der Waals surface area contributed by atoms with E-state index in [2.05, 4.69) is 22.5 Å². The highest BCUT2D eigenvalue weighted by atomic mass is 16.5. The van der Waals surface area contributed by atoms with Crippen LogP contribution in [0.5, 0.6) is 5.75 Å². The van der Waals surface area contributed by atoms with Crippen molar-refractivity contribution in [2.24, 2.45) is 7.05 Å². The molecule has 2 saturated heterocycles. The summed E-state index contributed by atoms with van der Waals surface area (Å²) < 4.78 is 7.94. The molecule has 3 heterocycles. The van der Waals surface area contributed by atoms with Gasteiger partial charge in [-0.25, -0.2) is 0 Å². The Morgan fingerprint density at radius 1 is 1.03 bits per heavy atom. The van der Waals surface area contributed by atoms with Gasteiger partial charge in [-0.2, -0.15) is 0 Å². The smallest absolute Gasteiger partial charge is 0.260 e. The van der Waals surface area contributed by atoms with E-state index in [1.165, 1.54) is 5.69 Å². The van der Waals surface area contributed by atoms with Crippen LogP contribution in [0.4, 0.5) is 0 Å². The Hall–Kier alpha value is -2.58. The molecule has 2 atom stereocenters. The SMILES string of the molecule is CC(=O)N1CCN([C@H]2CCN(C(=O)COc3ccc4c(c3)cc(C)n4C)CC[C@@H]2O)CC1. The lowest BCUT2D eigenvalue weighted by Gasteiger charge is -2.40. The van der Waals surface area contributed by atoms with E-state index in [9.17, 15) is 14.7 Å². The molecule has 1 N–H and O–H groups in total. The molecule has 32 heavy (non-hydrogen) atoms. The Morgan fingerprint density at radius 2 is 1.75 bits per heavy atom. The normalized spacial score (nSPS) is 22.8. The number of hydrogen-bond donors (Lipinski definition) is 1. The molecule has 0 radical (unpaired) electrons. The molecule has 1 aromatic heterocycles. The first-order chi connectivity index (χ1) is 15.3. The fraction of sp³-hybridized carbons (Fsp3) is 0.583. The van der Waals surface area contributed by atoms with E-state index in [0.29, 0.717) is 38.3 Å². The zero-order valence-electron chi connectivity index (χ0n) is 19.3. The number of carbonyl (C=O) groups is 2. The van der Waals surface area contributed by atoms with Crippen LogP contribution in [0.3, 0.4) is 0 Å². The van der Waals surface area contributed by atoms with Crippen LogP contribution in [0, 0.1) is 6.92 Å². The number of aromatic nitrogens is 1. The van der Waals surface area contributed by atoms with Crippen molar-refractivity contribution in [3.63, 3.8) is 0 Å². The molecule has 0 bridgehead atoms. The number of amides is 2. The van der Waals surface area contributed by atoms with Crippen LogP contribution in [-0.4, -0.2) is 94.2 Å². The topological polar surface area (TPSA) is 78.2 Å². The summed E-state index contributed by atoms with van der Waals surface area (Å²) in [5.41, 5.74) is 2.31. The van der Waals surface area contributed by atoms with Crippen molar-refractivity contribution in [2.45, 2.75) is 38.8 Å². The molecule has 0 spiro atoms. The predicted molar refractivity (Wildman–Crippen MR) is 123 cm³/mol. The zero-order valence-corrected chi connectivity index (χ0v) is 19.3. The van der Waals surface area contributed by atoms with Crippen LogP contribution in [0.25, 0.3) is 10.9 Å². The van der Waals surface area contributed by atoms with E-state index in [1.54, 1.807) is 11.8 Å². The van der Waals surface area contributed by atoms with E-state index in [4.69, 9.17) is 4.74 Å². The van der Waals surface area contributed by atoms with Gasteiger partial charge >= 0.3 is 0 Å². The maximum absolute atomic E-state index is 12.8. The van der Waals surface area contributed by atoms with Gasteiger partial charge in [-0.3, -0.25) is 14.5 Å². The van der Waals surface area contributed by atoms with E-state index >= 15 is 0 Å². The van der Waals surface area contributed by atoms with Crippen molar-refractivity contribution in [2.75, 3.05) is 45.9 Å². The van der Waals surface area contributed by atoms with Gasteiger partial charge in [0.15, 0.2) is 6.61 Å². The second-order valence-corrected chi connectivity index (χ2v) is 8.99. The zero-order chi connectivity index (χ0) is 22.8. The summed E-state index contributed by atoms with van der Waals surface area (Å²) in [7, 11) is 2.03. The number of likely N-dealkylation sites (tertiary alicyclic amines) is 1. The number of benzene rings is 1. The van der Waals surface area contributed by atoms with Gasteiger partial charge in [0, 0.05) is 75.9 Å². The van der Waals surface area contributed by atoms with Gasteiger partial charge in [0.05, 0.1) is 6.10 Å². The number of fused-ring (bicyclic) bond motifs is 1. The monoisotopic (exact) mass is 442 g/mol. The molecule has 2 aliphatic rings. The Balaban J connectivity index is 1.31. The summed E-state index contributed by atoms with van der Waals surface area (Å²) in [6.45, 7) is 7.71. The molecule has 0 aliphatic carbocycles. The first-order valence-corrected chi connectivity index (χ1v) is 11.5. The molecule has 8 nitrogen and oxygen atoms in total. The lowest BCUT2D eigenvalue weighted by atomic mass is 10.0. The van der Waals surface area contributed by atoms with E-state index in [-0.39, 0.29) is 24.5 Å². The van der Waals surface area contributed by atoms with Crippen LogP contribution in [0.2, 0.25) is 0 Å². The molecule has 2 fully saturated rings. The summed E-state index contributed by atoms with van der Waals surface area (Å²) >= 11 is 0. The Kier molecular flexibility index (Phi) is 6.71. The third kappa shape index (κ3) is 4.76. The van der Waals surface area contributed by atoms with Gasteiger partial charge in [-0.15, -0.1) is 0 Å². The maximum Gasteiger partial charge on any atom is 0.260 e. The summed E-state index contributed by atoms with van der Waals surface area (Å²) in [5.74, 6) is 0.737. The van der Waals surface area contributed by atoms with Gasteiger partial charge in [0.1, 0.15) is 5.75 Å². The third-order valence-electron chi connectivity index (χ3n) is 7.03. The molecule has 2 aliphatic heterocycles. The first kappa shape index (κ1) is 22.6. The molecular formula is C24H34N4O4. The van der Waals surface area contributed by atoms with Crippen LogP contribution < -0.4 is 4.74 Å². The fourth-order valence-electron chi connectivity index (χ4n) is 4.91. The van der Waals surface area contributed by atoms with Crippen molar-refractivity contribution < 1.29 is 19.4 Å². The molecule has 0 saturated carbocycles. The van der Waals surface area contributed by atoms with E-state index in [1.807, 2.05) is 30.1 Å².